The average Bonchev–Trinajstić information content (AvgIpc) is 3.03. The van der Waals surface area contributed by atoms with Crippen LogP contribution in [0, 0.1) is 12.8 Å². The summed E-state index contributed by atoms with van der Waals surface area (Å²) in [5.74, 6) is 0.740. The zero-order valence-corrected chi connectivity index (χ0v) is 15.6. The highest BCUT2D eigenvalue weighted by molar-refractivity contribution is 6.33. The van der Waals surface area contributed by atoms with Gasteiger partial charge in [0.05, 0.1) is 11.6 Å². The highest BCUT2D eigenvalue weighted by Crippen LogP contribution is 2.31. The van der Waals surface area contributed by atoms with Crippen LogP contribution in [0.15, 0.2) is 28.8 Å². The number of aliphatic hydroxyl groups is 1. The molecule has 1 amide bonds. The number of nitrogens with zero attached hydrogens (tertiary/aromatic N) is 2. The van der Waals surface area contributed by atoms with E-state index in [1.807, 2.05) is 18.2 Å². The topological polar surface area (TPSA) is 78.6 Å². The van der Waals surface area contributed by atoms with Crippen LogP contribution in [0.25, 0.3) is 11.3 Å². The van der Waals surface area contributed by atoms with Gasteiger partial charge >= 0.3 is 0 Å². The normalized spacial score (nSPS) is 16.0. The fourth-order valence-corrected chi connectivity index (χ4v) is 3.58. The molecule has 2 aromatic rings. The van der Waals surface area contributed by atoms with Gasteiger partial charge in [-0.1, -0.05) is 35.0 Å². The summed E-state index contributed by atoms with van der Waals surface area (Å²) in [6.45, 7) is 5.18. The molecule has 3 rings (SSSR count). The van der Waals surface area contributed by atoms with Gasteiger partial charge in [-0.3, -0.25) is 4.79 Å². The van der Waals surface area contributed by atoms with E-state index in [0.717, 1.165) is 32.5 Å². The molecule has 2 heterocycles. The number of carbonyl (C=O) groups excluding carboxylic acids is 1. The Morgan fingerprint density at radius 2 is 2.12 bits per heavy atom. The van der Waals surface area contributed by atoms with Crippen molar-refractivity contribution in [2.24, 2.45) is 5.92 Å². The maximum Gasteiger partial charge on any atom is 0.257 e. The van der Waals surface area contributed by atoms with E-state index >= 15 is 0 Å². The summed E-state index contributed by atoms with van der Waals surface area (Å²) in [5, 5.41) is 16.6. The molecule has 0 unspecified atom stereocenters. The standard InChI is InChI=1S/C19H24ClN3O3/c1-13-17(18(22-26-13)15-4-2-3-5-16(15)20)19(25)21-12-14-6-8-23(9-7-14)10-11-24/h2-5,14,24H,6-12H2,1H3,(H,21,25). The van der Waals surface area contributed by atoms with Crippen LogP contribution in [0.3, 0.4) is 0 Å². The van der Waals surface area contributed by atoms with E-state index in [2.05, 4.69) is 15.4 Å². The third-order valence-corrected chi connectivity index (χ3v) is 5.22. The van der Waals surface area contributed by atoms with E-state index in [1.165, 1.54) is 0 Å². The molecule has 0 saturated carbocycles. The van der Waals surface area contributed by atoms with Gasteiger partial charge in [0.1, 0.15) is 17.0 Å². The number of aromatic nitrogens is 1. The molecule has 6 nitrogen and oxygen atoms in total. The number of nitrogens with one attached hydrogen (secondary N) is 1. The first-order valence-corrected chi connectivity index (χ1v) is 9.30. The van der Waals surface area contributed by atoms with Crippen molar-refractivity contribution in [2.45, 2.75) is 19.8 Å². The lowest BCUT2D eigenvalue weighted by Crippen LogP contribution is -2.39. The van der Waals surface area contributed by atoms with E-state index in [4.69, 9.17) is 21.2 Å². The number of hydrogen-bond acceptors (Lipinski definition) is 5. The Hall–Kier alpha value is -1.89. The third kappa shape index (κ3) is 4.26. The second kappa shape index (κ2) is 8.66. The number of halogens is 1. The zero-order chi connectivity index (χ0) is 18.5. The number of piperidine rings is 1. The van der Waals surface area contributed by atoms with Crippen molar-refractivity contribution in [3.63, 3.8) is 0 Å². The molecule has 0 spiro atoms. The molecule has 140 valence electrons. The van der Waals surface area contributed by atoms with Crippen LogP contribution in [-0.2, 0) is 0 Å². The number of amides is 1. The van der Waals surface area contributed by atoms with Crippen molar-refractivity contribution >= 4 is 17.5 Å². The number of hydrogen-bond donors (Lipinski definition) is 2. The van der Waals surface area contributed by atoms with E-state index in [1.54, 1.807) is 13.0 Å². The maximum atomic E-state index is 12.7. The highest BCUT2D eigenvalue weighted by Gasteiger charge is 2.24. The SMILES string of the molecule is Cc1onc(-c2ccccc2Cl)c1C(=O)NCC1CCN(CCO)CC1. The van der Waals surface area contributed by atoms with Crippen LogP contribution < -0.4 is 5.32 Å². The molecule has 0 atom stereocenters. The molecule has 26 heavy (non-hydrogen) atoms. The molecule has 1 fully saturated rings. The summed E-state index contributed by atoms with van der Waals surface area (Å²) in [6, 6.07) is 7.28. The Bertz CT molecular complexity index is 754. The van der Waals surface area contributed by atoms with Crippen molar-refractivity contribution in [3.8, 4) is 11.3 Å². The highest BCUT2D eigenvalue weighted by atomic mass is 35.5. The molecule has 1 aliphatic heterocycles. The summed E-state index contributed by atoms with van der Waals surface area (Å²) in [4.78, 5) is 15.0. The number of aliphatic hydroxyl groups excluding tert-OH is 1. The van der Waals surface area contributed by atoms with Gasteiger partial charge in [0.25, 0.3) is 5.91 Å². The van der Waals surface area contributed by atoms with Crippen molar-refractivity contribution in [2.75, 3.05) is 32.8 Å². The first-order chi connectivity index (χ1) is 12.6. The van der Waals surface area contributed by atoms with Gasteiger partial charge in [0, 0.05) is 18.7 Å². The lowest BCUT2D eigenvalue weighted by atomic mass is 9.96. The lowest BCUT2D eigenvalue weighted by molar-refractivity contribution is 0.0932. The van der Waals surface area contributed by atoms with Gasteiger partial charge in [-0.2, -0.15) is 0 Å². The van der Waals surface area contributed by atoms with Gasteiger partial charge in [-0.15, -0.1) is 0 Å². The molecule has 1 aliphatic rings. The number of carbonyl (C=O) groups is 1. The number of benzene rings is 1. The third-order valence-electron chi connectivity index (χ3n) is 4.89. The number of rotatable bonds is 6. The summed E-state index contributed by atoms with van der Waals surface area (Å²) in [6.07, 6.45) is 2.03. The van der Waals surface area contributed by atoms with Crippen LogP contribution in [-0.4, -0.2) is 53.9 Å². The van der Waals surface area contributed by atoms with Crippen LogP contribution in [0.5, 0.6) is 0 Å². The van der Waals surface area contributed by atoms with Crippen LogP contribution in [0.1, 0.15) is 29.0 Å². The van der Waals surface area contributed by atoms with E-state index in [-0.39, 0.29) is 12.5 Å². The second-order valence-electron chi connectivity index (χ2n) is 6.66. The average molecular weight is 378 g/mol. The maximum absolute atomic E-state index is 12.7. The fourth-order valence-electron chi connectivity index (χ4n) is 3.36. The Balaban J connectivity index is 1.64. The first-order valence-electron chi connectivity index (χ1n) is 8.92. The van der Waals surface area contributed by atoms with E-state index in [9.17, 15) is 4.79 Å². The number of aryl methyl sites for hydroxylation is 1. The Morgan fingerprint density at radius 3 is 2.81 bits per heavy atom. The minimum Gasteiger partial charge on any atom is -0.395 e. The van der Waals surface area contributed by atoms with Gasteiger partial charge in [-0.05, 0) is 44.8 Å². The predicted octanol–water partition coefficient (Wildman–Crippen LogP) is 2.74. The van der Waals surface area contributed by atoms with Gasteiger partial charge < -0.3 is 19.8 Å². The molecule has 7 heteroatoms. The predicted molar refractivity (Wildman–Crippen MR) is 100 cm³/mol. The molecular formula is C19H24ClN3O3. The largest absolute Gasteiger partial charge is 0.395 e. The minimum absolute atomic E-state index is 0.184. The molecule has 1 aromatic heterocycles. The zero-order valence-electron chi connectivity index (χ0n) is 14.9. The molecule has 0 bridgehead atoms. The molecule has 2 N–H and O–H groups in total. The van der Waals surface area contributed by atoms with Crippen LogP contribution in [0.2, 0.25) is 5.02 Å². The first kappa shape index (κ1) is 18.9. The van der Waals surface area contributed by atoms with Gasteiger partial charge in [0.15, 0.2) is 0 Å². The Kier molecular flexibility index (Phi) is 6.29. The molecule has 0 radical (unpaired) electrons. The Morgan fingerprint density at radius 1 is 1.38 bits per heavy atom. The van der Waals surface area contributed by atoms with Gasteiger partial charge in [0.2, 0.25) is 0 Å². The second-order valence-corrected chi connectivity index (χ2v) is 7.07. The summed E-state index contributed by atoms with van der Waals surface area (Å²) >= 11 is 6.25. The van der Waals surface area contributed by atoms with Crippen molar-refractivity contribution in [1.29, 1.82) is 0 Å². The fraction of sp³-hybridized carbons (Fsp3) is 0.474. The number of β-amino-alcohol motifs (C(OH)–C–C–N with tert-alkyl or cyclic N) is 1. The van der Waals surface area contributed by atoms with Crippen molar-refractivity contribution in [3.05, 3.63) is 40.6 Å². The molecule has 1 aromatic carbocycles. The summed E-state index contributed by atoms with van der Waals surface area (Å²) in [5.41, 5.74) is 1.60. The smallest absolute Gasteiger partial charge is 0.257 e. The van der Waals surface area contributed by atoms with Crippen LogP contribution in [0.4, 0.5) is 0 Å². The van der Waals surface area contributed by atoms with E-state index in [0.29, 0.717) is 40.1 Å². The van der Waals surface area contributed by atoms with Crippen molar-refractivity contribution < 1.29 is 14.4 Å². The monoisotopic (exact) mass is 377 g/mol. The minimum atomic E-state index is -0.184. The van der Waals surface area contributed by atoms with Gasteiger partial charge in [-0.25, -0.2) is 0 Å². The Labute approximate surface area is 158 Å². The van der Waals surface area contributed by atoms with Crippen LogP contribution >= 0.6 is 11.6 Å². The molecular weight excluding hydrogens is 354 g/mol. The van der Waals surface area contributed by atoms with E-state index < -0.39 is 0 Å². The summed E-state index contributed by atoms with van der Waals surface area (Å²) in [7, 11) is 0. The lowest BCUT2D eigenvalue weighted by Gasteiger charge is -2.31. The summed E-state index contributed by atoms with van der Waals surface area (Å²) < 4.78 is 5.26. The quantitative estimate of drug-likeness (QED) is 0.809. The molecule has 0 aliphatic carbocycles. The van der Waals surface area contributed by atoms with Crippen molar-refractivity contribution in [1.82, 2.24) is 15.4 Å². The molecule has 1 saturated heterocycles. The number of likely N-dealkylation sites (tertiary alicyclic amines) is 1.